The second-order valence-corrected chi connectivity index (χ2v) is 7.64. The Hall–Kier alpha value is -3.27. The lowest BCUT2D eigenvalue weighted by molar-refractivity contribution is -0.732. The second-order valence-electron chi connectivity index (χ2n) is 7.64. The van der Waals surface area contributed by atoms with E-state index in [1.54, 1.807) is 19.6 Å². The number of fused-ring (bicyclic) bond motifs is 1. The Labute approximate surface area is 163 Å². The highest BCUT2D eigenvalue weighted by Crippen LogP contribution is 2.61. The fourth-order valence-electron chi connectivity index (χ4n) is 5.54. The number of aromatic nitrogens is 1. The zero-order chi connectivity index (χ0) is 18.7. The number of nitrogens with zero attached hydrogens (tertiary/aromatic N) is 1. The molecule has 1 aromatic carbocycles. The van der Waals surface area contributed by atoms with Gasteiger partial charge < -0.3 is 13.6 Å². The van der Waals surface area contributed by atoms with Crippen LogP contribution >= 0.6 is 0 Å². The topological polar surface area (TPSA) is 39.4 Å². The summed E-state index contributed by atoms with van der Waals surface area (Å²) in [6.07, 6.45) is 10.4. The second kappa shape index (κ2) is 5.61. The van der Waals surface area contributed by atoms with Gasteiger partial charge in [0.2, 0.25) is 0 Å². The normalized spacial score (nSPS) is 21.2. The van der Waals surface area contributed by atoms with Crippen LogP contribution in [0.5, 0.6) is 5.75 Å². The first-order valence-corrected chi connectivity index (χ1v) is 9.57. The molecule has 2 aliphatic heterocycles. The molecule has 4 nitrogen and oxygen atoms in total. The predicted octanol–water partition coefficient (Wildman–Crippen LogP) is 4.59. The van der Waals surface area contributed by atoms with Crippen molar-refractivity contribution in [3.63, 3.8) is 0 Å². The minimum atomic E-state index is -0.270. The number of hydrogen-bond donors (Lipinski definition) is 0. The van der Waals surface area contributed by atoms with Crippen molar-refractivity contribution in [2.75, 3.05) is 7.11 Å². The van der Waals surface area contributed by atoms with Crippen molar-refractivity contribution in [1.82, 2.24) is 0 Å². The number of rotatable bonds is 3. The van der Waals surface area contributed by atoms with E-state index in [1.807, 2.05) is 12.5 Å². The monoisotopic (exact) mass is 370 g/mol. The summed E-state index contributed by atoms with van der Waals surface area (Å²) in [5.41, 5.74) is 5.99. The third-order valence-electron chi connectivity index (χ3n) is 6.60. The van der Waals surface area contributed by atoms with Crippen LogP contribution in [0, 0.1) is 0 Å². The Kier molecular flexibility index (Phi) is 3.16. The van der Waals surface area contributed by atoms with E-state index in [2.05, 4.69) is 59.3 Å². The van der Waals surface area contributed by atoms with E-state index in [0.717, 1.165) is 12.2 Å². The van der Waals surface area contributed by atoms with Crippen molar-refractivity contribution in [2.45, 2.75) is 23.8 Å². The highest BCUT2D eigenvalue weighted by molar-refractivity contribution is 5.58. The first-order valence-electron chi connectivity index (χ1n) is 9.57. The zero-order valence-corrected chi connectivity index (χ0v) is 15.5. The average molecular weight is 370 g/mol. The first kappa shape index (κ1) is 15.8. The maximum atomic E-state index is 5.85. The SMILES string of the molecule is COc1cccc2c1[C@@H]1c3cccc[n+]3[C@H]2CC1(c1ccoc1)c1ccoc1. The molecule has 2 atom stereocenters. The van der Waals surface area contributed by atoms with E-state index in [-0.39, 0.29) is 17.4 Å². The molecule has 3 aliphatic rings. The van der Waals surface area contributed by atoms with Gasteiger partial charge in [0.15, 0.2) is 17.9 Å². The number of furan rings is 2. The number of pyridine rings is 1. The van der Waals surface area contributed by atoms with Gasteiger partial charge in [-0.1, -0.05) is 18.2 Å². The minimum absolute atomic E-state index is 0.0973. The van der Waals surface area contributed by atoms with Gasteiger partial charge in [0, 0.05) is 40.8 Å². The van der Waals surface area contributed by atoms with Crippen molar-refractivity contribution >= 4 is 0 Å². The van der Waals surface area contributed by atoms with Gasteiger partial charge in [-0.25, -0.2) is 0 Å². The van der Waals surface area contributed by atoms with Crippen molar-refractivity contribution < 1.29 is 18.1 Å². The molecule has 0 amide bonds. The van der Waals surface area contributed by atoms with Crippen LogP contribution in [0.4, 0.5) is 0 Å². The van der Waals surface area contributed by atoms with Gasteiger partial charge in [-0.3, -0.25) is 0 Å². The molecule has 0 saturated carbocycles. The quantitative estimate of drug-likeness (QED) is 0.495. The summed E-state index contributed by atoms with van der Waals surface area (Å²) in [6.45, 7) is 0. The lowest BCUT2D eigenvalue weighted by Gasteiger charge is -2.48. The summed E-state index contributed by atoms with van der Waals surface area (Å²) in [6, 6.07) is 17.3. The fourth-order valence-corrected chi connectivity index (χ4v) is 5.54. The van der Waals surface area contributed by atoms with Crippen LogP contribution in [0.2, 0.25) is 0 Å². The Morgan fingerprint density at radius 2 is 1.75 bits per heavy atom. The average Bonchev–Trinajstić information content (AvgIpc) is 3.48. The maximum absolute atomic E-state index is 5.85. The molecule has 0 spiro atoms. The standard InChI is InChI=1S/C24H20NO3/c1-26-21-7-4-5-18-20-13-24(16-8-11-27-14-16,17-9-12-28-15-17)23(22(18)21)19-6-2-3-10-25(19)20/h2-12,14-15,20,23H,13H2,1H3/q+1/t20-,23-/m0/s1. The van der Waals surface area contributed by atoms with Gasteiger partial charge in [0.25, 0.3) is 0 Å². The molecule has 1 aliphatic carbocycles. The third-order valence-corrected chi connectivity index (χ3v) is 6.60. The molecule has 0 unspecified atom stereocenters. The molecule has 0 radical (unpaired) electrons. The van der Waals surface area contributed by atoms with Gasteiger partial charge in [-0.2, -0.15) is 4.57 Å². The largest absolute Gasteiger partial charge is 0.496 e. The molecule has 4 heteroatoms. The molecule has 0 fully saturated rings. The van der Waals surface area contributed by atoms with Gasteiger partial charge in [0.05, 0.1) is 43.5 Å². The van der Waals surface area contributed by atoms with Crippen LogP contribution < -0.4 is 9.30 Å². The molecule has 2 bridgehead atoms. The first-order chi connectivity index (χ1) is 13.8. The predicted molar refractivity (Wildman–Crippen MR) is 102 cm³/mol. The van der Waals surface area contributed by atoms with Crippen LogP contribution in [0.15, 0.2) is 88.6 Å². The Morgan fingerprint density at radius 1 is 0.964 bits per heavy atom. The summed E-state index contributed by atoms with van der Waals surface area (Å²) in [7, 11) is 1.76. The van der Waals surface area contributed by atoms with E-state index in [1.165, 1.54) is 27.9 Å². The summed E-state index contributed by atoms with van der Waals surface area (Å²) in [5, 5.41) is 0. The summed E-state index contributed by atoms with van der Waals surface area (Å²) in [5.74, 6) is 1.04. The number of hydrogen-bond acceptors (Lipinski definition) is 3. The smallest absolute Gasteiger partial charge is 0.190 e. The van der Waals surface area contributed by atoms with Gasteiger partial charge in [-0.05, 0) is 18.2 Å². The van der Waals surface area contributed by atoms with E-state index in [4.69, 9.17) is 13.6 Å². The van der Waals surface area contributed by atoms with Crippen molar-refractivity contribution in [1.29, 1.82) is 0 Å². The molecule has 5 heterocycles. The van der Waals surface area contributed by atoms with Gasteiger partial charge >= 0.3 is 0 Å². The molecule has 28 heavy (non-hydrogen) atoms. The third kappa shape index (κ3) is 1.82. The van der Waals surface area contributed by atoms with Crippen molar-refractivity contribution in [3.8, 4) is 5.75 Å². The van der Waals surface area contributed by atoms with Crippen LogP contribution in [-0.2, 0) is 5.41 Å². The van der Waals surface area contributed by atoms with Gasteiger partial charge in [0.1, 0.15) is 5.75 Å². The number of methoxy groups -OCH3 is 1. The van der Waals surface area contributed by atoms with Crippen molar-refractivity contribution in [3.05, 3.63) is 108 Å². The van der Waals surface area contributed by atoms with E-state index < -0.39 is 0 Å². The Balaban J connectivity index is 1.74. The fraction of sp³-hybridized carbons (Fsp3) is 0.208. The molecular formula is C24H20NO3+. The van der Waals surface area contributed by atoms with Crippen molar-refractivity contribution in [2.24, 2.45) is 0 Å². The number of ether oxygens (including phenoxy) is 1. The van der Waals surface area contributed by atoms with Gasteiger partial charge in [-0.15, -0.1) is 0 Å². The summed E-state index contributed by atoms with van der Waals surface area (Å²) in [4.78, 5) is 0. The van der Waals surface area contributed by atoms with E-state index >= 15 is 0 Å². The molecular weight excluding hydrogens is 350 g/mol. The lowest BCUT2D eigenvalue weighted by atomic mass is 9.54. The van der Waals surface area contributed by atoms with E-state index in [9.17, 15) is 0 Å². The molecule has 4 aromatic rings. The minimum Gasteiger partial charge on any atom is -0.496 e. The summed E-state index contributed by atoms with van der Waals surface area (Å²) >= 11 is 0. The molecule has 0 saturated heterocycles. The van der Waals surface area contributed by atoms with Crippen LogP contribution in [0.1, 0.15) is 46.3 Å². The molecule has 3 aromatic heterocycles. The lowest BCUT2D eigenvalue weighted by Crippen LogP contribution is -2.60. The summed E-state index contributed by atoms with van der Waals surface area (Å²) < 4.78 is 19.4. The van der Waals surface area contributed by atoms with Crippen LogP contribution in [0.25, 0.3) is 0 Å². The molecule has 0 N–H and O–H groups in total. The van der Waals surface area contributed by atoms with E-state index in [0.29, 0.717) is 0 Å². The maximum Gasteiger partial charge on any atom is 0.190 e. The Bertz CT molecular complexity index is 1110. The molecule has 138 valence electrons. The number of benzene rings is 1. The highest BCUT2D eigenvalue weighted by atomic mass is 16.5. The Morgan fingerprint density at radius 3 is 2.43 bits per heavy atom. The van der Waals surface area contributed by atoms with Crippen LogP contribution in [0.3, 0.4) is 0 Å². The highest BCUT2D eigenvalue weighted by Gasteiger charge is 2.60. The van der Waals surface area contributed by atoms with Crippen LogP contribution in [-0.4, -0.2) is 7.11 Å². The zero-order valence-electron chi connectivity index (χ0n) is 15.5. The molecule has 7 rings (SSSR count).